The molecule has 0 heterocycles. The Hall–Kier alpha value is -1.07. The zero-order valence-electron chi connectivity index (χ0n) is 8.04. The second-order valence-corrected chi connectivity index (χ2v) is 3.51. The number of aliphatic hydroxyl groups excluding tert-OH is 1. The van der Waals surface area contributed by atoms with Gasteiger partial charge in [-0.25, -0.2) is 0 Å². The Morgan fingerprint density at radius 1 is 1.20 bits per heavy atom. The summed E-state index contributed by atoms with van der Waals surface area (Å²) in [5, 5.41) is 18.4. The number of halogens is 3. The highest BCUT2D eigenvalue weighted by molar-refractivity contribution is 5.29. The number of rotatable bonds is 2. The molecule has 1 atom stereocenters. The molecule has 0 aliphatic carbocycles. The van der Waals surface area contributed by atoms with Crippen LogP contribution in [0.15, 0.2) is 24.3 Å². The summed E-state index contributed by atoms with van der Waals surface area (Å²) in [7, 11) is 0. The molecule has 1 aromatic rings. The molecule has 2 nitrogen and oxygen atoms in total. The van der Waals surface area contributed by atoms with Crippen molar-refractivity contribution in [3.05, 3.63) is 35.4 Å². The van der Waals surface area contributed by atoms with Crippen molar-refractivity contribution in [2.45, 2.75) is 18.7 Å². The van der Waals surface area contributed by atoms with E-state index in [-0.39, 0.29) is 5.56 Å². The summed E-state index contributed by atoms with van der Waals surface area (Å²) in [4.78, 5) is 0. The molecule has 0 aliphatic rings. The lowest BCUT2D eigenvalue weighted by Gasteiger charge is -2.21. The first-order valence-electron chi connectivity index (χ1n) is 4.28. The van der Waals surface area contributed by atoms with Crippen LogP contribution in [-0.2, 0) is 11.8 Å². The zero-order valence-corrected chi connectivity index (χ0v) is 8.04. The molecule has 0 amide bonds. The molecule has 1 unspecified atom stereocenters. The van der Waals surface area contributed by atoms with E-state index < -0.39 is 23.9 Å². The largest absolute Gasteiger partial charge is 0.416 e. The summed E-state index contributed by atoms with van der Waals surface area (Å²) in [5.74, 6) is 0. The second kappa shape index (κ2) is 3.83. The molecule has 1 rings (SSSR count). The van der Waals surface area contributed by atoms with Crippen LogP contribution in [-0.4, -0.2) is 16.8 Å². The predicted octanol–water partition coefficient (Wildman–Crippen LogP) is 1.91. The van der Waals surface area contributed by atoms with Crippen molar-refractivity contribution in [3.63, 3.8) is 0 Å². The SMILES string of the molecule is CC(O)(CO)c1cccc(C(F)(F)F)c1. The van der Waals surface area contributed by atoms with Gasteiger partial charge in [-0.1, -0.05) is 12.1 Å². The first-order chi connectivity index (χ1) is 6.77. The molecule has 84 valence electrons. The summed E-state index contributed by atoms with van der Waals surface area (Å²) >= 11 is 0. The fourth-order valence-electron chi connectivity index (χ4n) is 1.12. The number of hydrogen-bond donors (Lipinski definition) is 2. The third kappa shape index (κ3) is 2.70. The van der Waals surface area contributed by atoms with Gasteiger partial charge < -0.3 is 10.2 Å². The average Bonchev–Trinajstić information content (AvgIpc) is 2.17. The van der Waals surface area contributed by atoms with Gasteiger partial charge in [-0.3, -0.25) is 0 Å². The van der Waals surface area contributed by atoms with Gasteiger partial charge in [0.25, 0.3) is 0 Å². The van der Waals surface area contributed by atoms with Crippen LogP contribution in [0.1, 0.15) is 18.1 Å². The van der Waals surface area contributed by atoms with Crippen LogP contribution in [0.5, 0.6) is 0 Å². The molecule has 0 fully saturated rings. The molecule has 1 aromatic carbocycles. The lowest BCUT2D eigenvalue weighted by molar-refractivity contribution is -0.137. The molecule has 5 heteroatoms. The van der Waals surface area contributed by atoms with Crippen molar-refractivity contribution >= 4 is 0 Å². The highest BCUT2D eigenvalue weighted by Crippen LogP contribution is 2.31. The van der Waals surface area contributed by atoms with E-state index >= 15 is 0 Å². The molecule has 0 aliphatic heterocycles. The lowest BCUT2D eigenvalue weighted by atomic mass is 9.95. The molecule has 15 heavy (non-hydrogen) atoms. The summed E-state index contributed by atoms with van der Waals surface area (Å²) in [6, 6.07) is 4.28. The summed E-state index contributed by atoms with van der Waals surface area (Å²) in [5.41, 5.74) is -2.45. The maximum absolute atomic E-state index is 12.3. The van der Waals surface area contributed by atoms with Gasteiger partial charge >= 0.3 is 6.18 Å². The first-order valence-corrected chi connectivity index (χ1v) is 4.28. The monoisotopic (exact) mass is 220 g/mol. The van der Waals surface area contributed by atoms with Gasteiger partial charge in [0.05, 0.1) is 12.2 Å². The van der Waals surface area contributed by atoms with Crippen LogP contribution in [0.4, 0.5) is 13.2 Å². The quantitative estimate of drug-likeness (QED) is 0.799. The van der Waals surface area contributed by atoms with Crippen molar-refractivity contribution in [1.29, 1.82) is 0 Å². The lowest BCUT2D eigenvalue weighted by Crippen LogP contribution is -2.26. The molecule has 0 aromatic heterocycles. The Morgan fingerprint density at radius 3 is 2.20 bits per heavy atom. The van der Waals surface area contributed by atoms with Gasteiger partial charge in [0.15, 0.2) is 0 Å². The number of hydrogen-bond acceptors (Lipinski definition) is 2. The Morgan fingerprint density at radius 2 is 1.73 bits per heavy atom. The van der Waals surface area contributed by atoms with E-state index in [4.69, 9.17) is 5.11 Å². The third-order valence-electron chi connectivity index (χ3n) is 2.12. The number of benzene rings is 1. The zero-order chi connectivity index (χ0) is 11.7. The molecular formula is C10H11F3O2. The van der Waals surface area contributed by atoms with Crippen molar-refractivity contribution in [2.75, 3.05) is 6.61 Å². The van der Waals surface area contributed by atoms with E-state index in [2.05, 4.69) is 0 Å². The van der Waals surface area contributed by atoms with E-state index in [1.807, 2.05) is 0 Å². The van der Waals surface area contributed by atoms with E-state index in [9.17, 15) is 18.3 Å². The van der Waals surface area contributed by atoms with Gasteiger partial charge in [-0.05, 0) is 24.6 Å². The molecule has 0 spiro atoms. The summed E-state index contributed by atoms with van der Waals surface area (Å²) < 4.78 is 36.9. The van der Waals surface area contributed by atoms with E-state index in [0.29, 0.717) is 0 Å². The molecule has 0 radical (unpaired) electrons. The van der Waals surface area contributed by atoms with Gasteiger partial charge in [0.1, 0.15) is 5.60 Å². The number of aliphatic hydroxyl groups is 2. The molecule has 0 saturated carbocycles. The summed E-state index contributed by atoms with van der Waals surface area (Å²) in [6.07, 6.45) is -4.44. The van der Waals surface area contributed by atoms with Gasteiger partial charge in [-0.15, -0.1) is 0 Å². The Balaban J connectivity index is 3.14. The fourth-order valence-corrected chi connectivity index (χ4v) is 1.12. The third-order valence-corrected chi connectivity index (χ3v) is 2.12. The highest BCUT2D eigenvalue weighted by Gasteiger charge is 2.32. The van der Waals surface area contributed by atoms with Crippen molar-refractivity contribution in [1.82, 2.24) is 0 Å². The molecule has 2 N–H and O–H groups in total. The Labute approximate surface area is 85.0 Å². The maximum atomic E-state index is 12.3. The standard InChI is InChI=1S/C10H11F3O2/c1-9(15,6-14)7-3-2-4-8(5-7)10(11,12)13/h2-5,14-15H,6H2,1H3. The van der Waals surface area contributed by atoms with Crippen LogP contribution in [0.3, 0.4) is 0 Å². The maximum Gasteiger partial charge on any atom is 0.416 e. The minimum atomic E-state index is -4.44. The van der Waals surface area contributed by atoms with Crippen LogP contribution < -0.4 is 0 Å². The van der Waals surface area contributed by atoms with Crippen LogP contribution in [0.25, 0.3) is 0 Å². The second-order valence-electron chi connectivity index (χ2n) is 3.51. The molecule has 0 bridgehead atoms. The summed E-state index contributed by atoms with van der Waals surface area (Å²) in [6.45, 7) is 0.622. The van der Waals surface area contributed by atoms with Crippen LogP contribution in [0.2, 0.25) is 0 Å². The minimum Gasteiger partial charge on any atom is -0.393 e. The van der Waals surface area contributed by atoms with E-state index in [1.54, 1.807) is 0 Å². The molecule has 0 saturated heterocycles. The number of alkyl halides is 3. The van der Waals surface area contributed by atoms with Crippen molar-refractivity contribution < 1.29 is 23.4 Å². The van der Waals surface area contributed by atoms with Crippen LogP contribution >= 0.6 is 0 Å². The van der Waals surface area contributed by atoms with Crippen LogP contribution in [0, 0.1) is 0 Å². The van der Waals surface area contributed by atoms with Crippen molar-refractivity contribution in [2.24, 2.45) is 0 Å². The normalized spacial score (nSPS) is 16.1. The fraction of sp³-hybridized carbons (Fsp3) is 0.400. The van der Waals surface area contributed by atoms with Gasteiger partial charge in [-0.2, -0.15) is 13.2 Å². The highest BCUT2D eigenvalue weighted by atomic mass is 19.4. The van der Waals surface area contributed by atoms with E-state index in [0.717, 1.165) is 12.1 Å². The molecular weight excluding hydrogens is 209 g/mol. The van der Waals surface area contributed by atoms with Gasteiger partial charge in [0.2, 0.25) is 0 Å². The average molecular weight is 220 g/mol. The smallest absolute Gasteiger partial charge is 0.393 e. The minimum absolute atomic E-state index is 0.0415. The first kappa shape index (κ1) is 12.0. The Kier molecular flexibility index (Phi) is 3.06. The Bertz CT molecular complexity index is 345. The van der Waals surface area contributed by atoms with Crippen molar-refractivity contribution in [3.8, 4) is 0 Å². The van der Waals surface area contributed by atoms with Gasteiger partial charge in [0, 0.05) is 0 Å². The van der Waals surface area contributed by atoms with E-state index in [1.165, 1.54) is 19.1 Å². The topological polar surface area (TPSA) is 40.5 Å². The predicted molar refractivity (Wildman–Crippen MR) is 48.1 cm³/mol.